The molecule has 2 rings (SSSR count). The number of hydrogen-bond donors (Lipinski definition) is 2. The Morgan fingerprint density at radius 3 is 2.68 bits per heavy atom. The van der Waals surface area contributed by atoms with Gasteiger partial charge in [0, 0.05) is 16.5 Å². The van der Waals surface area contributed by atoms with Crippen molar-refractivity contribution in [2.75, 3.05) is 0 Å². The number of nitrogens with one attached hydrogen (secondary N) is 1. The number of carbonyl (C=O) groups is 1. The highest BCUT2D eigenvalue weighted by atomic mass is 32.1. The van der Waals surface area contributed by atoms with Gasteiger partial charge in [0.25, 0.3) is 5.91 Å². The molecule has 0 heterocycles. The van der Waals surface area contributed by atoms with Crippen LogP contribution < -0.4 is 5.32 Å². The van der Waals surface area contributed by atoms with E-state index in [2.05, 4.69) is 24.9 Å². The Bertz CT molecular complexity index is 452. The lowest BCUT2D eigenvalue weighted by Gasteiger charge is -2.28. The van der Waals surface area contributed by atoms with Crippen LogP contribution in [0.3, 0.4) is 0 Å². The van der Waals surface area contributed by atoms with Crippen molar-refractivity contribution >= 4 is 18.5 Å². The molecule has 0 aliphatic heterocycles. The lowest BCUT2D eigenvalue weighted by molar-refractivity contribution is 0.0918. The van der Waals surface area contributed by atoms with Gasteiger partial charge in [-0.15, -0.1) is 12.6 Å². The van der Waals surface area contributed by atoms with Crippen molar-refractivity contribution in [1.82, 2.24) is 5.32 Å². The van der Waals surface area contributed by atoms with Crippen molar-refractivity contribution < 1.29 is 4.79 Å². The van der Waals surface area contributed by atoms with Crippen molar-refractivity contribution in [3.63, 3.8) is 0 Å². The van der Waals surface area contributed by atoms with E-state index in [9.17, 15) is 4.79 Å². The summed E-state index contributed by atoms with van der Waals surface area (Å²) in [6, 6.07) is 5.97. The molecular formula is C16H23NOS. The molecule has 3 heteroatoms. The monoisotopic (exact) mass is 277 g/mol. The quantitative estimate of drug-likeness (QED) is 0.804. The Labute approximate surface area is 121 Å². The Morgan fingerprint density at radius 2 is 2.00 bits per heavy atom. The van der Waals surface area contributed by atoms with Gasteiger partial charge in [0.05, 0.1) is 0 Å². The van der Waals surface area contributed by atoms with Crippen LogP contribution in [-0.2, 0) is 0 Å². The van der Waals surface area contributed by atoms with E-state index in [4.69, 9.17) is 0 Å². The number of aryl methyl sites for hydroxylation is 1. The molecule has 0 aromatic heterocycles. The van der Waals surface area contributed by atoms with E-state index < -0.39 is 0 Å². The summed E-state index contributed by atoms with van der Waals surface area (Å²) in [5.41, 5.74) is 1.75. The van der Waals surface area contributed by atoms with Crippen LogP contribution >= 0.6 is 12.6 Å². The van der Waals surface area contributed by atoms with E-state index >= 15 is 0 Å². The van der Waals surface area contributed by atoms with Gasteiger partial charge in [0.15, 0.2) is 0 Å². The van der Waals surface area contributed by atoms with Crippen LogP contribution in [-0.4, -0.2) is 11.9 Å². The van der Waals surface area contributed by atoms with Crippen LogP contribution in [0.2, 0.25) is 0 Å². The Morgan fingerprint density at radius 1 is 1.32 bits per heavy atom. The normalized spacial score (nSPS) is 18.1. The smallest absolute Gasteiger partial charge is 0.251 e. The molecule has 1 amide bonds. The largest absolute Gasteiger partial charge is 0.349 e. The third-order valence-corrected chi connectivity index (χ3v) is 4.46. The first-order chi connectivity index (χ1) is 9.08. The first-order valence-electron chi connectivity index (χ1n) is 7.18. The molecule has 1 atom stereocenters. The fourth-order valence-electron chi connectivity index (χ4n) is 2.89. The zero-order valence-corrected chi connectivity index (χ0v) is 12.7. The summed E-state index contributed by atoms with van der Waals surface area (Å²) in [6.07, 6.45) is 6.43. The first kappa shape index (κ1) is 14.4. The van der Waals surface area contributed by atoms with Crippen molar-refractivity contribution in [3.05, 3.63) is 29.3 Å². The third-order valence-electron chi connectivity index (χ3n) is 4.18. The topological polar surface area (TPSA) is 29.1 Å². The fourth-order valence-corrected chi connectivity index (χ4v) is 3.09. The highest BCUT2D eigenvalue weighted by molar-refractivity contribution is 7.80. The van der Waals surface area contributed by atoms with Crippen LogP contribution in [0.15, 0.2) is 23.1 Å². The van der Waals surface area contributed by atoms with E-state index in [1.807, 2.05) is 25.1 Å². The minimum atomic E-state index is 0.0338. The fraction of sp³-hybridized carbons (Fsp3) is 0.562. The summed E-state index contributed by atoms with van der Waals surface area (Å²) in [7, 11) is 0. The van der Waals surface area contributed by atoms with Crippen LogP contribution in [0.5, 0.6) is 0 Å². The summed E-state index contributed by atoms with van der Waals surface area (Å²) >= 11 is 4.31. The molecule has 1 aromatic carbocycles. The Kier molecular flexibility index (Phi) is 4.92. The highest BCUT2D eigenvalue weighted by Gasteiger charge is 2.22. The van der Waals surface area contributed by atoms with Gasteiger partial charge in [-0.1, -0.05) is 25.3 Å². The summed E-state index contributed by atoms with van der Waals surface area (Å²) in [5, 5.41) is 3.16. The Balaban J connectivity index is 2.01. The van der Waals surface area contributed by atoms with Gasteiger partial charge < -0.3 is 5.32 Å². The Hall–Kier alpha value is -0.960. The van der Waals surface area contributed by atoms with Crippen molar-refractivity contribution in [2.45, 2.75) is 56.9 Å². The van der Waals surface area contributed by atoms with E-state index in [0.717, 1.165) is 16.0 Å². The van der Waals surface area contributed by atoms with Gasteiger partial charge in [-0.25, -0.2) is 0 Å². The molecule has 0 bridgehead atoms. The zero-order chi connectivity index (χ0) is 13.8. The highest BCUT2D eigenvalue weighted by Crippen LogP contribution is 2.26. The van der Waals surface area contributed by atoms with Crippen LogP contribution in [0.4, 0.5) is 0 Å². The summed E-state index contributed by atoms with van der Waals surface area (Å²) in [6.45, 7) is 4.10. The molecular weight excluding hydrogens is 254 g/mol. The minimum Gasteiger partial charge on any atom is -0.349 e. The molecule has 0 spiro atoms. The van der Waals surface area contributed by atoms with Crippen molar-refractivity contribution in [3.8, 4) is 0 Å². The number of thiol groups is 1. The molecule has 2 nitrogen and oxygen atoms in total. The van der Waals surface area contributed by atoms with E-state index in [1.54, 1.807) is 0 Å². The van der Waals surface area contributed by atoms with Gasteiger partial charge >= 0.3 is 0 Å². The number of carbonyl (C=O) groups excluding carboxylic acids is 1. The molecule has 1 aliphatic rings. The van der Waals surface area contributed by atoms with Gasteiger partial charge in [0.2, 0.25) is 0 Å². The lowest BCUT2D eigenvalue weighted by atomic mass is 9.84. The lowest BCUT2D eigenvalue weighted by Crippen LogP contribution is -2.39. The molecule has 0 radical (unpaired) electrons. The molecule has 1 aromatic rings. The molecule has 0 saturated heterocycles. The summed E-state index contributed by atoms with van der Waals surface area (Å²) in [4.78, 5) is 13.2. The molecule has 104 valence electrons. The summed E-state index contributed by atoms with van der Waals surface area (Å²) < 4.78 is 0. The SMILES string of the molecule is Cc1ccc(S)cc1C(=O)NC(C)C1CCCCC1. The number of hydrogen-bond acceptors (Lipinski definition) is 2. The number of amides is 1. The predicted octanol–water partition coefficient (Wildman–Crippen LogP) is 3.98. The van der Waals surface area contributed by atoms with Gasteiger partial charge in [-0.05, 0) is 50.3 Å². The second kappa shape index (κ2) is 6.47. The van der Waals surface area contributed by atoms with Crippen LogP contribution in [0.25, 0.3) is 0 Å². The van der Waals surface area contributed by atoms with Gasteiger partial charge in [0.1, 0.15) is 0 Å². The predicted molar refractivity (Wildman–Crippen MR) is 81.9 cm³/mol. The van der Waals surface area contributed by atoms with Crippen molar-refractivity contribution in [2.24, 2.45) is 5.92 Å². The van der Waals surface area contributed by atoms with E-state index in [1.165, 1.54) is 32.1 Å². The second-order valence-corrected chi connectivity index (χ2v) is 6.18. The average molecular weight is 277 g/mol. The maximum atomic E-state index is 12.3. The molecule has 1 aliphatic carbocycles. The molecule has 1 saturated carbocycles. The van der Waals surface area contributed by atoms with Gasteiger partial charge in [-0.3, -0.25) is 4.79 Å². The second-order valence-electron chi connectivity index (χ2n) is 5.66. The molecule has 19 heavy (non-hydrogen) atoms. The third kappa shape index (κ3) is 3.75. The van der Waals surface area contributed by atoms with E-state index in [0.29, 0.717) is 5.92 Å². The van der Waals surface area contributed by atoms with E-state index in [-0.39, 0.29) is 11.9 Å². The molecule has 1 N–H and O–H groups in total. The maximum absolute atomic E-state index is 12.3. The number of benzene rings is 1. The zero-order valence-electron chi connectivity index (χ0n) is 11.8. The first-order valence-corrected chi connectivity index (χ1v) is 7.63. The minimum absolute atomic E-state index is 0.0338. The molecule has 1 unspecified atom stereocenters. The van der Waals surface area contributed by atoms with Crippen LogP contribution in [0.1, 0.15) is 54.9 Å². The standard InChI is InChI=1S/C16H23NOS/c1-11-8-9-14(19)10-15(11)16(18)17-12(2)13-6-4-3-5-7-13/h8-10,12-13,19H,3-7H2,1-2H3,(H,17,18). The van der Waals surface area contributed by atoms with Crippen LogP contribution in [0, 0.1) is 12.8 Å². The maximum Gasteiger partial charge on any atom is 0.251 e. The summed E-state index contributed by atoms with van der Waals surface area (Å²) in [5.74, 6) is 0.670. The number of rotatable bonds is 3. The average Bonchev–Trinajstić information content (AvgIpc) is 2.42. The molecule has 1 fully saturated rings. The van der Waals surface area contributed by atoms with Crippen molar-refractivity contribution in [1.29, 1.82) is 0 Å². The van der Waals surface area contributed by atoms with Gasteiger partial charge in [-0.2, -0.15) is 0 Å².